The number of rotatable bonds is 4. The Morgan fingerprint density at radius 2 is 2.00 bits per heavy atom. The van der Waals surface area contributed by atoms with Crippen LogP contribution in [0.15, 0.2) is 18.2 Å². The molecule has 2 rings (SSSR count). The van der Waals surface area contributed by atoms with Crippen molar-refractivity contribution in [3.05, 3.63) is 28.2 Å². The minimum absolute atomic E-state index is 0.165. The summed E-state index contributed by atoms with van der Waals surface area (Å²) in [5.41, 5.74) is 0. The van der Waals surface area contributed by atoms with Crippen LogP contribution in [0, 0.1) is 0 Å². The summed E-state index contributed by atoms with van der Waals surface area (Å²) >= 11 is 11.8. The summed E-state index contributed by atoms with van der Waals surface area (Å²) in [6, 6.07) is 5.14. The lowest BCUT2D eigenvalue weighted by Crippen LogP contribution is -2.26. The van der Waals surface area contributed by atoms with E-state index in [1.807, 2.05) is 0 Å². The van der Waals surface area contributed by atoms with Crippen LogP contribution in [-0.2, 0) is 9.47 Å². The van der Waals surface area contributed by atoms with Crippen molar-refractivity contribution in [2.75, 3.05) is 19.8 Å². The maximum atomic E-state index is 5.97. The molecule has 0 N–H and O–H groups in total. The van der Waals surface area contributed by atoms with E-state index >= 15 is 0 Å². The van der Waals surface area contributed by atoms with Crippen molar-refractivity contribution in [2.45, 2.75) is 19.1 Å². The van der Waals surface area contributed by atoms with Gasteiger partial charge >= 0.3 is 0 Å². The highest BCUT2D eigenvalue weighted by molar-refractivity contribution is 6.34. The van der Waals surface area contributed by atoms with Crippen LogP contribution in [-0.4, -0.2) is 26.1 Å². The molecule has 0 radical (unpaired) electrons. The average molecular weight is 277 g/mol. The van der Waals surface area contributed by atoms with Crippen LogP contribution in [0.1, 0.15) is 12.8 Å². The summed E-state index contributed by atoms with van der Waals surface area (Å²) in [4.78, 5) is 0. The van der Waals surface area contributed by atoms with Crippen LogP contribution in [0.5, 0.6) is 5.75 Å². The first-order chi connectivity index (χ1) is 8.25. The van der Waals surface area contributed by atoms with Crippen molar-refractivity contribution < 1.29 is 14.2 Å². The van der Waals surface area contributed by atoms with Crippen molar-refractivity contribution in [3.63, 3.8) is 0 Å². The molecular weight excluding hydrogens is 263 g/mol. The summed E-state index contributed by atoms with van der Waals surface area (Å²) in [6.07, 6.45) is 1.47. The molecule has 1 heterocycles. The molecule has 0 atom stereocenters. The van der Waals surface area contributed by atoms with Gasteiger partial charge in [0.15, 0.2) is 6.29 Å². The topological polar surface area (TPSA) is 27.7 Å². The number of ether oxygens (including phenoxy) is 3. The van der Waals surface area contributed by atoms with Crippen molar-refractivity contribution >= 4 is 23.2 Å². The van der Waals surface area contributed by atoms with Crippen LogP contribution in [0.4, 0.5) is 0 Å². The van der Waals surface area contributed by atoms with E-state index in [4.69, 9.17) is 37.4 Å². The van der Waals surface area contributed by atoms with E-state index in [9.17, 15) is 0 Å². The number of hydrogen-bond acceptors (Lipinski definition) is 3. The summed E-state index contributed by atoms with van der Waals surface area (Å²) in [7, 11) is 0. The van der Waals surface area contributed by atoms with Gasteiger partial charge in [-0.25, -0.2) is 0 Å². The highest BCUT2D eigenvalue weighted by Crippen LogP contribution is 2.27. The third-order valence-corrected chi connectivity index (χ3v) is 2.95. The zero-order valence-electron chi connectivity index (χ0n) is 9.33. The molecule has 1 aromatic rings. The Kier molecular flexibility index (Phi) is 4.92. The van der Waals surface area contributed by atoms with Crippen molar-refractivity contribution in [1.82, 2.24) is 0 Å². The highest BCUT2D eigenvalue weighted by atomic mass is 35.5. The Hall–Kier alpha value is -0.480. The van der Waals surface area contributed by atoms with Crippen molar-refractivity contribution in [3.8, 4) is 5.75 Å². The Morgan fingerprint density at radius 3 is 2.76 bits per heavy atom. The second-order valence-electron chi connectivity index (χ2n) is 3.74. The molecule has 3 nitrogen and oxygen atoms in total. The first-order valence-corrected chi connectivity index (χ1v) is 6.32. The van der Waals surface area contributed by atoms with Gasteiger partial charge in [-0.15, -0.1) is 0 Å². The highest BCUT2D eigenvalue weighted by Gasteiger charge is 2.14. The lowest BCUT2D eigenvalue weighted by molar-refractivity contribution is -0.183. The van der Waals surface area contributed by atoms with Crippen LogP contribution >= 0.6 is 23.2 Å². The second kappa shape index (κ2) is 6.45. The van der Waals surface area contributed by atoms with Gasteiger partial charge < -0.3 is 14.2 Å². The Bertz CT molecular complexity index is 365. The zero-order valence-corrected chi connectivity index (χ0v) is 10.8. The van der Waals surface area contributed by atoms with Crippen LogP contribution in [0.25, 0.3) is 0 Å². The van der Waals surface area contributed by atoms with Crippen molar-refractivity contribution in [1.29, 1.82) is 0 Å². The monoisotopic (exact) mass is 276 g/mol. The predicted octanol–water partition coefficient (Wildman–Crippen LogP) is 3.53. The Morgan fingerprint density at radius 1 is 1.24 bits per heavy atom. The van der Waals surface area contributed by atoms with Gasteiger partial charge in [0.2, 0.25) is 0 Å². The Labute approximate surface area is 111 Å². The fourth-order valence-electron chi connectivity index (χ4n) is 1.56. The molecule has 17 heavy (non-hydrogen) atoms. The molecule has 5 heteroatoms. The number of halogens is 2. The summed E-state index contributed by atoms with van der Waals surface area (Å²) in [5.74, 6) is 0.593. The largest absolute Gasteiger partial charge is 0.492 e. The van der Waals surface area contributed by atoms with Crippen LogP contribution < -0.4 is 4.74 Å². The molecule has 1 aromatic carbocycles. The van der Waals surface area contributed by atoms with E-state index in [0.29, 0.717) is 28.8 Å². The van der Waals surface area contributed by atoms with E-state index < -0.39 is 0 Å². The third-order valence-electron chi connectivity index (χ3n) is 2.40. The minimum Gasteiger partial charge on any atom is -0.492 e. The number of benzene rings is 1. The molecule has 1 aliphatic heterocycles. The van der Waals surface area contributed by atoms with Gasteiger partial charge in [-0.05, 0) is 18.6 Å². The molecule has 0 spiro atoms. The first kappa shape index (κ1) is 13.0. The van der Waals surface area contributed by atoms with Crippen LogP contribution in [0.3, 0.4) is 0 Å². The summed E-state index contributed by atoms with van der Waals surface area (Å²) < 4.78 is 16.4. The molecule has 0 saturated carbocycles. The summed E-state index contributed by atoms with van der Waals surface area (Å²) in [6.45, 7) is 2.00. The molecule has 1 saturated heterocycles. The van der Waals surface area contributed by atoms with E-state index in [0.717, 1.165) is 19.6 Å². The first-order valence-electron chi connectivity index (χ1n) is 5.57. The lowest BCUT2D eigenvalue weighted by Gasteiger charge is -2.23. The summed E-state index contributed by atoms with van der Waals surface area (Å²) in [5, 5.41) is 1.16. The molecule has 0 aromatic heterocycles. The average Bonchev–Trinajstić information content (AvgIpc) is 2.35. The molecule has 94 valence electrons. The van der Waals surface area contributed by atoms with Gasteiger partial charge in [-0.3, -0.25) is 0 Å². The molecule has 0 aliphatic carbocycles. The van der Waals surface area contributed by atoms with E-state index in [-0.39, 0.29) is 6.29 Å². The molecule has 0 unspecified atom stereocenters. The minimum atomic E-state index is -0.165. The maximum absolute atomic E-state index is 5.97. The third kappa shape index (κ3) is 4.03. The predicted molar refractivity (Wildman–Crippen MR) is 66.9 cm³/mol. The molecule has 0 amide bonds. The van der Waals surface area contributed by atoms with E-state index in [1.165, 1.54) is 0 Å². The molecule has 0 bridgehead atoms. The molecule has 1 aliphatic rings. The fraction of sp³-hybridized carbons (Fsp3) is 0.500. The van der Waals surface area contributed by atoms with E-state index in [2.05, 4.69) is 0 Å². The lowest BCUT2D eigenvalue weighted by atomic mass is 10.3. The van der Waals surface area contributed by atoms with Gasteiger partial charge in [0, 0.05) is 17.5 Å². The van der Waals surface area contributed by atoms with Crippen molar-refractivity contribution in [2.24, 2.45) is 0 Å². The fourth-order valence-corrected chi connectivity index (χ4v) is 1.89. The normalized spacial score (nSPS) is 17.1. The quantitative estimate of drug-likeness (QED) is 0.842. The smallest absolute Gasteiger partial charge is 0.160 e. The zero-order chi connectivity index (χ0) is 12.1. The van der Waals surface area contributed by atoms with Gasteiger partial charge in [-0.1, -0.05) is 23.2 Å². The standard InChI is InChI=1S/C12H14Cl2O3/c13-9-2-3-10(14)11(8-9)15-7-4-12-16-5-1-6-17-12/h2-3,8,12H,1,4-7H2. The number of hydrogen-bond donors (Lipinski definition) is 0. The van der Waals surface area contributed by atoms with Gasteiger partial charge in [0.25, 0.3) is 0 Å². The molecule has 1 fully saturated rings. The van der Waals surface area contributed by atoms with Gasteiger partial charge in [-0.2, -0.15) is 0 Å². The SMILES string of the molecule is Clc1ccc(Cl)c(OCCC2OCCCO2)c1. The van der Waals surface area contributed by atoms with Gasteiger partial charge in [0.1, 0.15) is 5.75 Å². The second-order valence-corrected chi connectivity index (χ2v) is 4.58. The van der Waals surface area contributed by atoms with Gasteiger partial charge in [0.05, 0.1) is 24.8 Å². The Balaban J connectivity index is 1.79. The molecular formula is C12H14Cl2O3. The van der Waals surface area contributed by atoms with E-state index in [1.54, 1.807) is 18.2 Å². The maximum Gasteiger partial charge on any atom is 0.160 e. The van der Waals surface area contributed by atoms with Crippen LogP contribution in [0.2, 0.25) is 10.0 Å².